The largest absolute Gasteiger partial charge is 0.298 e. The molecule has 4 heteroatoms. The molecular formula is C18H16N2OS. The van der Waals surface area contributed by atoms with Crippen molar-refractivity contribution in [2.75, 3.05) is 5.32 Å². The third-order valence-corrected chi connectivity index (χ3v) is 4.20. The van der Waals surface area contributed by atoms with Gasteiger partial charge in [-0.2, -0.15) is 0 Å². The average molecular weight is 308 g/mol. The van der Waals surface area contributed by atoms with Crippen molar-refractivity contribution in [3.05, 3.63) is 71.2 Å². The topological polar surface area (TPSA) is 42.0 Å². The summed E-state index contributed by atoms with van der Waals surface area (Å²) in [7, 11) is 0. The monoisotopic (exact) mass is 308 g/mol. The summed E-state index contributed by atoms with van der Waals surface area (Å²) in [6.45, 7) is 2.04. The third-order valence-electron chi connectivity index (χ3n) is 3.39. The highest BCUT2D eigenvalue weighted by molar-refractivity contribution is 7.13. The lowest BCUT2D eigenvalue weighted by Gasteiger charge is -2.04. The predicted octanol–water partition coefficient (Wildman–Crippen LogP) is 4.62. The molecule has 0 saturated heterocycles. The van der Waals surface area contributed by atoms with Crippen LogP contribution in [-0.4, -0.2) is 10.9 Å². The van der Waals surface area contributed by atoms with Crippen LogP contribution in [0.5, 0.6) is 0 Å². The summed E-state index contributed by atoms with van der Waals surface area (Å²) in [5, 5.41) is 5.45. The third kappa shape index (κ3) is 3.23. The predicted molar refractivity (Wildman–Crippen MR) is 91.3 cm³/mol. The number of thiazole rings is 1. The Bertz CT molecular complexity index is 763. The minimum Gasteiger partial charge on any atom is -0.298 e. The number of amides is 1. The lowest BCUT2D eigenvalue weighted by Crippen LogP contribution is -2.11. The van der Waals surface area contributed by atoms with Crippen LogP contribution in [0.15, 0.2) is 60.0 Å². The van der Waals surface area contributed by atoms with Crippen molar-refractivity contribution in [3.63, 3.8) is 0 Å². The van der Waals surface area contributed by atoms with Crippen LogP contribution >= 0.6 is 11.3 Å². The second-order valence-electron chi connectivity index (χ2n) is 4.90. The Kier molecular flexibility index (Phi) is 4.30. The molecule has 3 rings (SSSR count). The van der Waals surface area contributed by atoms with E-state index in [1.54, 1.807) is 0 Å². The molecule has 110 valence electrons. The molecule has 22 heavy (non-hydrogen) atoms. The van der Waals surface area contributed by atoms with Crippen LogP contribution in [0.3, 0.4) is 0 Å². The average Bonchev–Trinajstić information content (AvgIpc) is 3.03. The summed E-state index contributed by atoms with van der Waals surface area (Å²) in [5.41, 5.74) is 3.87. The Balaban J connectivity index is 1.73. The van der Waals surface area contributed by atoms with E-state index in [-0.39, 0.29) is 5.91 Å². The lowest BCUT2D eigenvalue weighted by molar-refractivity contribution is 0.102. The number of aromatic nitrogens is 1. The number of aryl methyl sites for hydroxylation is 1. The first-order chi connectivity index (χ1) is 10.8. The van der Waals surface area contributed by atoms with Crippen molar-refractivity contribution in [2.45, 2.75) is 13.3 Å². The van der Waals surface area contributed by atoms with Gasteiger partial charge in [0.05, 0.1) is 5.69 Å². The van der Waals surface area contributed by atoms with Crippen molar-refractivity contribution in [1.29, 1.82) is 0 Å². The molecule has 1 amide bonds. The first-order valence-corrected chi connectivity index (χ1v) is 8.05. The number of hydrogen-bond acceptors (Lipinski definition) is 3. The van der Waals surface area contributed by atoms with Crippen molar-refractivity contribution in [2.24, 2.45) is 0 Å². The van der Waals surface area contributed by atoms with Crippen LogP contribution in [0.2, 0.25) is 0 Å². The minimum atomic E-state index is -0.128. The zero-order valence-corrected chi connectivity index (χ0v) is 13.1. The second kappa shape index (κ2) is 6.54. The van der Waals surface area contributed by atoms with Gasteiger partial charge in [0.1, 0.15) is 0 Å². The summed E-state index contributed by atoms with van der Waals surface area (Å²) in [6.07, 6.45) is 0.873. The number of nitrogens with zero attached hydrogens (tertiary/aromatic N) is 1. The number of anilines is 1. The fourth-order valence-corrected chi connectivity index (χ4v) is 2.93. The maximum atomic E-state index is 12.2. The van der Waals surface area contributed by atoms with Gasteiger partial charge >= 0.3 is 0 Å². The van der Waals surface area contributed by atoms with Crippen LogP contribution in [0.1, 0.15) is 23.0 Å². The molecule has 1 aromatic heterocycles. The van der Waals surface area contributed by atoms with Crippen molar-refractivity contribution < 1.29 is 4.79 Å². The normalized spacial score (nSPS) is 10.4. The standard InChI is InChI=1S/C18H16N2OS/c1-2-16-12-22-18(19-16)20-17(21)15-10-8-14(9-11-15)13-6-4-3-5-7-13/h3-12H,2H2,1H3,(H,19,20,21). The van der Waals surface area contributed by atoms with Crippen LogP contribution in [-0.2, 0) is 6.42 Å². The molecule has 0 fully saturated rings. The van der Waals surface area contributed by atoms with E-state index in [4.69, 9.17) is 0 Å². The summed E-state index contributed by atoms with van der Waals surface area (Å²) in [5.74, 6) is -0.128. The van der Waals surface area contributed by atoms with Gasteiger partial charge in [-0.1, -0.05) is 49.4 Å². The molecule has 0 aliphatic rings. The number of benzene rings is 2. The van der Waals surface area contributed by atoms with Gasteiger partial charge in [-0.3, -0.25) is 10.1 Å². The Morgan fingerprint density at radius 1 is 1.05 bits per heavy atom. The van der Waals surface area contributed by atoms with Gasteiger partial charge in [-0.25, -0.2) is 4.98 Å². The highest BCUT2D eigenvalue weighted by Crippen LogP contribution is 2.20. The Morgan fingerprint density at radius 3 is 2.36 bits per heavy atom. The molecular weight excluding hydrogens is 292 g/mol. The summed E-state index contributed by atoms with van der Waals surface area (Å²) in [6, 6.07) is 17.7. The van der Waals surface area contributed by atoms with Crippen LogP contribution < -0.4 is 5.32 Å². The van der Waals surface area contributed by atoms with Gasteiger partial charge < -0.3 is 0 Å². The number of hydrogen-bond donors (Lipinski definition) is 1. The molecule has 0 saturated carbocycles. The van der Waals surface area contributed by atoms with Crippen molar-refractivity contribution >= 4 is 22.4 Å². The van der Waals surface area contributed by atoms with E-state index in [0.29, 0.717) is 10.7 Å². The van der Waals surface area contributed by atoms with E-state index >= 15 is 0 Å². The van der Waals surface area contributed by atoms with E-state index in [1.807, 2.05) is 54.8 Å². The number of rotatable bonds is 4. The smallest absolute Gasteiger partial charge is 0.257 e. The molecule has 0 bridgehead atoms. The summed E-state index contributed by atoms with van der Waals surface area (Å²) in [4.78, 5) is 16.6. The molecule has 0 aliphatic carbocycles. The van der Waals surface area contributed by atoms with Crippen molar-refractivity contribution in [3.8, 4) is 11.1 Å². The highest BCUT2D eigenvalue weighted by Gasteiger charge is 2.09. The SMILES string of the molecule is CCc1csc(NC(=O)c2ccc(-c3ccccc3)cc2)n1. The fourth-order valence-electron chi connectivity index (χ4n) is 2.14. The van der Waals surface area contributed by atoms with Crippen molar-refractivity contribution in [1.82, 2.24) is 4.98 Å². The molecule has 1 N–H and O–H groups in total. The van der Waals surface area contributed by atoms with Crippen LogP contribution in [0.25, 0.3) is 11.1 Å². The van der Waals surface area contributed by atoms with E-state index in [9.17, 15) is 4.79 Å². The van der Waals surface area contributed by atoms with Gasteiger partial charge in [0.15, 0.2) is 5.13 Å². The minimum absolute atomic E-state index is 0.128. The zero-order chi connectivity index (χ0) is 15.4. The second-order valence-corrected chi connectivity index (χ2v) is 5.75. The summed E-state index contributed by atoms with van der Waals surface area (Å²) >= 11 is 1.45. The molecule has 0 radical (unpaired) electrons. The number of carbonyl (C=O) groups excluding carboxylic acids is 1. The molecule has 3 nitrogen and oxygen atoms in total. The maximum Gasteiger partial charge on any atom is 0.257 e. The van der Waals surface area contributed by atoms with Gasteiger partial charge in [0.2, 0.25) is 0 Å². The van der Waals surface area contributed by atoms with E-state index in [0.717, 1.165) is 23.2 Å². The van der Waals surface area contributed by atoms with Crippen LogP contribution in [0.4, 0.5) is 5.13 Å². The molecule has 0 aliphatic heterocycles. The Hall–Kier alpha value is -2.46. The van der Waals surface area contributed by atoms with E-state index in [1.165, 1.54) is 11.3 Å². The van der Waals surface area contributed by atoms with Gasteiger partial charge in [-0.05, 0) is 29.7 Å². The zero-order valence-electron chi connectivity index (χ0n) is 12.2. The molecule has 0 unspecified atom stereocenters. The molecule has 0 spiro atoms. The highest BCUT2D eigenvalue weighted by atomic mass is 32.1. The first-order valence-electron chi connectivity index (χ1n) is 7.17. The number of nitrogens with one attached hydrogen (secondary N) is 1. The van der Waals surface area contributed by atoms with Gasteiger partial charge in [-0.15, -0.1) is 11.3 Å². The molecule has 0 atom stereocenters. The van der Waals surface area contributed by atoms with E-state index < -0.39 is 0 Å². The van der Waals surface area contributed by atoms with Gasteiger partial charge in [0, 0.05) is 10.9 Å². The molecule has 3 aromatic rings. The molecule has 1 heterocycles. The Labute approximate surface area is 133 Å². The lowest BCUT2D eigenvalue weighted by atomic mass is 10.0. The first kappa shape index (κ1) is 14.5. The quantitative estimate of drug-likeness (QED) is 0.764. The van der Waals surface area contributed by atoms with Gasteiger partial charge in [0.25, 0.3) is 5.91 Å². The molecule has 2 aromatic carbocycles. The fraction of sp³-hybridized carbons (Fsp3) is 0.111. The Morgan fingerprint density at radius 2 is 1.73 bits per heavy atom. The maximum absolute atomic E-state index is 12.2. The van der Waals surface area contributed by atoms with E-state index in [2.05, 4.69) is 22.4 Å². The number of carbonyl (C=O) groups is 1. The summed E-state index contributed by atoms with van der Waals surface area (Å²) < 4.78 is 0. The van der Waals surface area contributed by atoms with Crippen LogP contribution in [0, 0.1) is 0 Å².